The second-order valence-electron chi connectivity index (χ2n) is 6.99. The number of rotatable bonds is 7. The van der Waals surface area contributed by atoms with Gasteiger partial charge in [-0.25, -0.2) is 4.98 Å². The van der Waals surface area contributed by atoms with Gasteiger partial charge in [0, 0.05) is 17.0 Å². The maximum Gasteiger partial charge on any atom is 0.187 e. The Balaban J connectivity index is 2.01. The predicted molar refractivity (Wildman–Crippen MR) is 119 cm³/mol. The second kappa shape index (κ2) is 9.43. The molecule has 2 aromatic carbocycles. The summed E-state index contributed by atoms with van der Waals surface area (Å²) in [5, 5.41) is 11.2. The van der Waals surface area contributed by atoms with Crippen LogP contribution < -0.4 is 4.90 Å². The molecule has 0 atom stereocenters. The van der Waals surface area contributed by atoms with Gasteiger partial charge in [0.2, 0.25) is 0 Å². The third-order valence-electron chi connectivity index (χ3n) is 4.22. The van der Waals surface area contributed by atoms with Crippen LogP contribution in [0.4, 0.5) is 5.13 Å². The molecule has 3 rings (SSSR count). The van der Waals surface area contributed by atoms with Crippen molar-refractivity contribution in [1.82, 2.24) is 4.98 Å². The number of anilines is 1. The molecular formula is C22H21Cl2N3S. The van der Waals surface area contributed by atoms with Gasteiger partial charge in [0.15, 0.2) is 5.13 Å². The van der Waals surface area contributed by atoms with Gasteiger partial charge in [0.05, 0.1) is 21.8 Å². The maximum absolute atomic E-state index is 9.33. The van der Waals surface area contributed by atoms with Crippen LogP contribution >= 0.6 is 34.5 Å². The fourth-order valence-corrected chi connectivity index (χ4v) is 4.52. The molecule has 1 heterocycles. The fourth-order valence-electron chi connectivity index (χ4n) is 2.93. The third-order valence-corrected chi connectivity index (χ3v) is 6.10. The number of thiazole rings is 1. The predicted octanol–water partition coefficient (Wildman–Crippen LogP) is 6.85. The quantitative estimate of drug-likeness (QED) is 0.385. The summed E-state index contributed by atoms with van der Waals surface area (Å²) in [6.07, 6.45) is 0.916. The van der Waals surface area contributed by atoms with E-state index in [2.05, 4.69) is 32.0 Å². The smallest absolute Gasteiger partial charge is 0.187 e. The van der Waals surface area contributed by atoms with Gasteiger partial charge in [-0.3, -0.25) is 0 Å². The van der Waals surface area contributed by atoms with E-state index in [0.29, 0.717) is 22.5 Å². The summed E-state index contributed by atoms with van der Waals surface area (Å²) in [5.74, 6) is 0.494. The molecule has 0 aliphatic heterocycles. The number of nitriles is 1. The second-order valence-corrected chi connectivity index (χ2v) is 8.87. The Bertz CT molecular complexity index is 977. The number of hydrogen-bond donors (Lipinski definition) is 0. The Labute approximate surface area is 180 Å². The first-order chi connectivity index (χ1) is 13.5. The first kappa shape index (κ1) is 20.7. The Morgan fingerprint density at radius 1 is 1.11 bits per heavy atom. The largest absolute Gasteiger partial charge is 0.330 e. The molecule has 3 aromatic rings. The van der Waals surface area contributed by atoms with E-state index in [4.69, 9.17) is 28.2 Å². The van der Waals surface area contributed by atoms with E-state index in [9.17, 15) is 5.26 Å². The minimum absolute atomic E-state index is 0.282. The summed E-state index contributed by atoms with van der Waals surface area (Å²) in [5.41, 5.74) is 3.02. The van der Waals surface area contributed by atoms with Crippen LogP contribution in [0.3, 0.4) is 0 Å². The molecule has 0 bridgehead atoms. The van der Waals surface area contributed by atoms with Crippen LogP contribution in [-0.4, -0.2) is 11.5 Å². The van der Waals surface area contributed by atoms with E-state index >= 15 is 0 Å². The molecule has 0 saturated heterocycles. The van der Waals surface area contributed by atoms with Crippen molar-refractivity contribution in [3.63, 3.8) is 0 Å². The Morgan fingerprint density at radius 2 is 1.86 bits per heavy atom. The van der Waals surface area contributed by atoms with Crippen molar-refractivity contribution < 1.29 is 0 Å². The molecule has 0 amide bonds. The molecule has 144 valence electrons. The normalized spacial score (nSPS) is 10.9. The summed E-state index contributed by atoms with van der Waals surface area (Å²) in [6, 6.07) is 18.0. The molecule has 0 radical (unpaired) electrons. The van der Waals surface area contributed by atoms with Crippen LogP contribution in [0, 0.1) is 17.2 Å². The third kappa shape index (κ3) is 5.05. The van der Waals surface area contributed by atoms with Crippen molar-refractivity contribution in [3.8, 4) is 17.3 Å². The Hall–Kier alpha value is -2.06. The van der Waals surface area contributed by atoms with Crippen molar-refractivity contribution in [2.75, 3.05) is 11.4 Å². The number of nitrogens with zero attached hydrogens (tertiary/aromatic N) is 3. The molecule has 0 aliphatic rings. The monoisotopic (exact) mass is 429 g/mol. The van der Waals surface area contributed by atoms with Crippen molar-refractivity contribution in [2.24, 2.45) is 5.92 Å². The minimum atomic E-state index is 0.282. The highest BCUT2D eigenvalue weighted by Crippen LogP contribution is 2.37. The van der Waals surface area contributed by atoms with Crippen molar-refractivity contribution >= 4 is 39.7 Å². The SMILES string of the molecule is CC(C)Cc1sc(N(CC#N)Cc2ccccc2)nc1-c1ccc(Cl)c(Cl)c1. The van der Waals surface area contributed by atoms with Crippen molar-refractivity contribution in [2.45, 2.75) is 26.8 Å². The van der Waals surface area contributed by atoms with E-state index in [1.54, 1.807) is 17.4 Å². The molecule has 0 saturated carbocycles. The van der Waals surface area contributed by atoms with E-state index < -0.39 is 0 Å². The lowest BCUT2D eigenvalue weighted by Gasteiger charge is -2.18. The summed E-state index contributed by atoms with van der Waals surface area (Å²) in [7, 11) is 0. The van der Waals surface area contributed by atoms with Crippen LogP contribution in [0.2, 0.25) is 10.0 Å². The van der Waals surface area contributed by atoms with E-state index in [1.165, 1.54) is 4.88 Å². The van der Waals surface area contributed by atoms with Crippen LogP contribution in [0.15, 0.2) is 48.5 Å². The number of hydrogen-bond acceptors (Lipinski definition) is 4. The van der Waals surface area contributed by atoms with Gasteiger partial charge in [-0.2, -0.15) is 5.26 Å². The topological polar surface area (TPSA) is 39.9 Å². The van der Waals surface area contributed by atoms with E-state index in [-0.39, 0.29) is 6.54 Å². The molecule has 0 unspecified atom stereocenters. The number of benzene rings is 2. The zero-order valence-corrected chi connectivity index (χ0v) is 18.2. The molecule has 6 heteroatoms. The van der Waals surface area contributed by atoms with Gasteiger partial charge in [-0.15, -0.1) is 11.3 Å². The summed E-state index contributed by atoms with van der Waals surface area (Å²) < 4.78 is 0. The zero-order valence-electron chi connectivity index (χ0n) is 15.8. The Kier molecular flexibility index (Phi) is 6.96. The van der Waals surface area contributed by atoms with Crippen LogP contribution in [-0.2, 0) is 13.0 Å². The van der Waals surface area contributed by atoms with Gasteiger partial charge < -0.3 is 4.90 Å². The Morgan fingerprint density at radius 3 is 2.50 bits per heavy atom. The summed E-state index contributed by atoms with van der Waals surface area (Å²) >= 11 is 14.0. The number of aromatic nitrogens is 1. The van der Waals surface area contributed by atoms with Crippen molar-refractivity contribution in [1.29, 1.82) is 5.26 Å². The lowest BCUT2D eigenvalue weighted by Crippen LogP contribution is -2.22. The molecule has 0 fully saturated rings. The molecule has 0 spiro atoms. The van der Waals surface area contributed by atoms with Gasteiger partial charge in [0.1, 0.15) is 6.54 Å². The van der Waals surface area contributed by atoms with Crippen LogP contribution in [0.25, 0.3) is 11.3 Å². The van der Waals surface area contributed by atoms with Gasteiger partial charge in [-0.05, 0) is 30.0 Å². The molecule has 0 aliphatic carbocycles. The average molecular weight is 430 g/mol. The molecule has 1 aromatic heterocycles. The van der Waals surface area contributed by atoms with Crippen LogP contribution in [0.1, 0.15) is 24.3 Å². The first-order valence-corrected chi connectivity index (χ1v) is 10.7. The minimum Gasteiger partial charge on any atom is -0.330 e. The lowest BCUT2D eigenvalue weighted by atomic mass is 10.0. The summed E-state index contributed by atoms with van der Waals surface area (Å²) in [6.45, 7) is 5.30. The van der Waals surface area contributed by atoms with Crippen molar-refractivity contribution in [3.05, 3.63) is 69.0 Å². The standard InChI is InChI=1S/C22H21Cl2N3S/c1-15(2)12-20-21(17-8-9-18(23)19(24)13-17)26-22(28-20)27(11-10-25)14-16-6-4-3-5-7-16/h3-9,13,15H,11-12,14H2,1-2H3. The molecule has 28 heavy (non-hydrogen) atoms. The number of halogens is 2. The lowest BCUT2D eigenvalue weighted by molar-refractivity contribution is 0.654. The first-order valence-electron chi connectivity index (χ1n) is 9.09. The zero-order chi connectivity index (χ0) is 20.1. The molecule has 0 N–H and O–H groups in total. The fraction of sp³-hybridized carbons (Fsp3) is 0.273. The van der Waals surface area contributed by atoms with E-state index in [1.807, 2.05) is 35.2 Å². The molecular weight excluding hydrogens is 409 g/mol. The van der Waals surface area contributed by atoms with Gasteiger partial charge in [-0.1, -0.05) is 73.4 Å². The van der Waals surface area contributed by atoms with Gasteiger partial charge >= 0.3 is 0 Å². The highest BCUT2D eigenvalue weighted by molar-refractivity contribution is 7.16. The van der Waals surface area contributed by atoms with E-state index in [0.717, 1.165) is 28.4 Å². The highest BCUT2D eigenvalue weighted by Gasteiger charge is 2.19. The van der Waals surface area contributed by atoms with Crippen LogP contribution in [0.5, 0.6) is 0 Å². The highest BCUT2D eigenvalue weighted by atomic mass is 35.5. The van der Waals surface area contributed by atoms with Gasteiger partial charge in [0.25, 0.3) is 0 Å². The summed E-state index contributed by atoms with van der Waals surface area (Å²) in [4.78, 5) is 8.12. The average Bonchev–Trinajstić information content (AvgIpc) is 3.07. The maximum atomic E-state index is 9.33. The molecule has 3 nitrogen and oxygen atoms in total.